The summed E-state index contributed by atoms with van der Waals surface area (Å²) in [4.78, 5) is 14.9. The molecule has 6 heteroatoms. The van der Waals surface area contributed by atoms with E-state index in [1.165, 1.54) is 5.01 Å². The largest absolute Gasteiger partial charge is 0.494 e. The Bertz CT molecular complexity index is 728. The minimum Gasteiger partial charge on any atom is -0.494 e. The van der Waals surface area contributed by atoms with Crippen LogP contribution < -0.4 is 20.9 Å². The molecule has 2 aromatic rings. The van der Waals surface area contributed by atoms with Gasteiger partial charge in [-0.1, -0.05) is 38.1 Å². The molecule has 0 spiro atoms. The van der Waals surface area contributed by atoms with E-state index in [0.29, 0.717) is 24.4 Å². The first-order valence-electron chi connectivity index (χ1n) is 9.84. The third-order valence-corrected chi connectivity index (χ3v) is 4.69. The third kappa shape index (κ3) is 6.55. The fourth-order valence-electron chi connectivity index (χ4n) is 2.97. The van der Waals surface area contributed by atoms with Crippen LogP contribution in [0.3, 0.4) is 0 Å². The zero-order valence-corrected chi connectivity index (χ0v) is 17.1. The maximum atomic E-state index is 12.5. The topological polar surface area (TPSA) is 70.8 Å². The molecule has 0 bridgehead atoms. The lowest BCUT2D eigenvalue weighted by Gasteiger charge is -2.17. The van der Waals surface area contributed by atoms with Crippen LogP contribution in [0.4, 0.5) is 5.69 Å². The standard InChI is InChI=1S/C22H32N4O2/c1-4-26(5-2)15-8-16-28-19-13-11-18(12-14-19)17-24-22(27)20-9-6-7-10-21(20)25(3)23/h6-7,9-14H,4-5,8,15-17,23H2,1-3H3,(H,24,27). The second kappa shape index (κ2) is 11.3. The van der Waals surface area contributed by atoms with Crippen LogP contribution in [0.25, 0.3) is 0 Å². The van der Waals surface area contributed by atoms with E-state index in [1.807, 2.05) is 42.5 Å². The number of benzene rings is 2. The van der Waals surface area contributed by atoms with E-state index < -0.39 is 0 Å². The van der Waals surface area contributed by atoms with Crippen LogP contribution in [0, 0.1) is 0 Å². The second-order valence-corrected chi connectivity index (χ2v) is 6.68. The highest BCUT2D eigenvalue weighted by atomic mass is 16.5. The normalized spacial score (nSPS) is 10.8. The summed E-state index contributed by atoms with van der Waals surface area (Å²) < 4.78 is 5.80. The Morgan fingerprint density at radius 2 is 1.75 bits per heavy atom. The Balaban J connectivity index is 1.80. The molecule has 152 valence electrons. The van der Waals surface area contributed by atoms with E-state index in [1.54, 1.807) is 13.1 Å². The number of carbonyl (C=O) groups is 1. The van der Waals surface area contributed by atoms with Crippen molar-refractivity contribution in [1.82, 2.24) is 10.2 Å². The first-order valence-corrected chi connectivity index (χ1v) is 9.84. The number of hydrazine groups is 1. The van der Waals surface area contributed by atoms with Crippen LogP contribution in [0.15, 0.2) is 48.5 Å². The summed E-state index contributed by atoms with van der Waals surface area (Å²) in [6.45, 7) is 8.70. The molecule has 2 aromatic carbocycles. The van der Waals surface area contributed by atoms with Crippen LogP contribution in [-0.4, -0.2) is 44.1 Å². The Morgan fingerprint density at radius 1 is 1.07 bits per heavy atom. The number of nitrogens with two attached hydrogens (primary N) is 1. The van der Waals surface area contributed by atoms with Gasteiger partial charge in [0.2, 0.25) is 0 Å². The molecule has 28 heavy (non-hydrogen) atoms. The summed E-state index contributed by atoms with van der Waals surface area (Å²) in [6.07, 6.45) is 1.01. The molecule has 0 aliphatic carbocycles. The van der Waals surface area contributed by atoms with Gasteiger partial charge in [-0.2, -0.15) is 0 Å². The zero-order valence-electron chi connectivity index (χ0n) is 17.1. The van der Waals surface area contributed by atoms with Crippen LogP contribution in [-0.2, 0) is 6.54 Å². The number of hydrogen-bond donors (Lipinski definition) is 2. The summed E-state index contributed by atoms with van der Waals surface area (Å²) in [5.41, 5.74) is 2.26. The third-order valence-electron chi connectivity index (χ3n) is 4.69. The van der Waals surface area contributed by atoms with Gasteiger partial charge in [-0.3, -0.25) is 4.79 Å². The van der Waals surface area contributed by atoms with Crippen molar-refractivity contribution in [2.24, 2.45) is 5.84 Å². The lowest BCUT2D eigenvalue weighted by atomic mass is 10.1. The van der Waals surface area contributed by atoms with Gasteiger partial charge in [0.25, 0.3) is 5.91 Å². The number of nitrogens with one attached hydrogen (secondary N) is 1. The maximum Gasteiger partial charge on any atom is 0.253 e. The highest BCUT2D eigenvalue weighted by Gasteiger charge is 2.12. The van der Waals surface area contributed by atoms with E-state index in [2.05, 4.69) is 24.1 Å². The van der Waals surface area contributed by atoms with Gasteiger partial charge in [0.1, 0.15) is 5.75 Å². The number of amides is 1. The predicted molar refractivity (Wildman–Crippen MR) is 115 cm³/mol. The molecule has 0 fully saturated rings. The number of anilines is 1. The minimum atomic E-state index is -0.148. The molecule has 0 radical (unpaired) electrons. The van der Waals surface area contributed by atoms with Gasteiger partial charge < -0.3 is 20.0 Å². The molecule has 0 saturated heterocycles. The molecule has 0 atom stereocenters. The molecule has 0 unspecified atom stereocenters. The van der Waals surface area contributed by atoms with Crippen molar-refractivity contribution < 1.29 is 9.53 Å². The van der Waals surface area contributed by atoms with Crippen LogP contribution in [0.5, 0.6) is 5.75 Å². The van der Waals surface area contributed by atoms with E-state index in [0.717, 1.165) is 37.4 Å². The van der Waals surface area contributed by atoms with Gasteiger partial charge in [-0.15, -0.1) is 0 Å². The number of para-hydroxylation sites is 1. The summed E-state index contributed by atoms with van der Waals surface area (Å²) in [5, 5.41) is 4.39. The summed E-state index contributed by atoms with van der Waals surface area (Å²) in [5.74, 6) is 6.50. The van der Waals surface area contributed by atoms with Gasteiger partial charge in [0.15, 0.2) is 0 Å². The van der Waals surface area contributed by atoms with E-state index in [-0.39, 0.29) is 5.91 Å². The van der Waals surface area contributed by atoms with Gasteiger partial charge in [0, 0.05) is 20.1 Å². The lowest BCUT2D eigenvalue weighted by molar-refractivity contribution is 0.0951. The molecular weight excluding hydrogens is 352 g/mol. The molecule has 3 N–H and O–H groups in total. The average molecular weight is 385 g/mol. The van der Waals surface area contributed by atoms with Gasteiger partial charge in [-0.05, 0) is 49.3 Å². The highest BCUT2D eigenvalue weighted by molar-refractivity contribution is 5.99. The number of hydrogen-bond acceptors (Lipinski definition) is 5. The van der Waals surface area contributed by atoms with Crippen LogP contribution >= 0.6 is 0 Å². The van der Waals surface area contributed by atoms with E-state index in [9.17, 15) is 4.79 Å². The molecule has 1 amide bonds. The van der Waals surface area contributed by atoms with E-state index >= 15 is 0 Å². The fourth-order valence-corrected chi connectivity index (χ4v) is 2.97. The fraction of sp³-hybridized carbons (Fsp3) is 0.409. The Hall–Kier alpha value is -2.57. The minimum absolute atomic E-state index is 0.148. The predicted octanol–water partition coefficient (Wildman–Crippen LogP) is 3.04. The second-order valence-electron chi connectivity index (χ2n) is 6.68. The molecule has 0 aliphatic rings. The number of carbonyl (C=O) groups excluding carboxylic acids is 1. The smallest absolute Gasteiger partial charge is 0.253 e. The lowest BCUT2D eigenvalue weighted by Crippen LogP contribution is -2.30. The van der Waals surface area contributed by atoms with Crippen molar-refractivity contribution in [3.05, 3.63) is 59.7 Å². The first-order chi connectivity index (χ1) is 13.5. The van der Waals surface area contributed by atoms with Crippen molar-refractivity contribution in [2.45, 2.75) is 26.8 Å². The van der Waals surface area contributed by atoms with Crippen molar-refractivity contribution in [3.63, 3.8) is 0 Å². The Kier molecular flexibility index (Phi) is 8.78. The average Bonchev–Trinajstić information content (AvgIpc) is 2.73. The quantitative estimate of drug-likeness (QED) is 0.354. The van der Waals surface area contributed by atoms with Crippen molar-refractivity contribution in [2.75, 3.05) is 38.3 Å². The van der Waals surface area contributed by atoms with Crippen molar-refractivity contribution in [3.8, 4) is 5.75 Å². The monoisotopic (exact) mass is 384 g/mol. The highest BCUT2D eigenvalue weighted by Crippen LogP contribution is 2.17. The number of rotatable bonds is 11. The SMILES string of the molecule is CCN(CC)CCCOc1ccc(CNC(=O)c2ccccc2N(C)N)cc1. The first kappa shape index (κ1) is 21.7. The molecule has 0 aliphatic heterocycles. The van der Waals surface area contributed by atoms with Crippen molar-refractivity contribution >= 4 is 11.6 Å². The number of ether oxygens (including phenoxy) is 1. The zero-order chi connectivity index (χ0) is 20.4. The summed E-state index contributed by atoms with van der Waals surface area (Å²) in [6, 6.07) is 15.1. The number of nitrogens with zero attached hydrogens (tertiary/aromatic N) is 2. The van der Waals surface area contributed by atoms with Gasteiger partial charge >= 0.3 is 0 Å². The van der Waals surface area contributed by atoms with Gasteiger partial charge in [0.05, 0.1) is 17.9 Å². The molecule has 0 heterocycles. The van der Waals surface area contributed by atoms with Crippen molar-refractivity contribution in [1.29, 1.82) is 0 Å². The molecule has 0 saturated carbocycles. The van der Waals surface area contributed by atoms with E-state index in [4.69, 9.17) is 10.6 Å². The Morgan fingerprint density at radius 3 is 2.39 bits per heavy atom. The van der Waals surface area contributed by atoms with Crippen LogP contribution in [0.2, 0.25) is 0 Å². The summed E-state index contributed by atoms with van der Waals surface area (Å²) >= 11 is 0. The Labute approximate surface area is 168 Å². The molecular formula is C22H32N4O2. The molecule has 2 rings (SSSR count). The van der Waals surface area contributed by atoms with Gasteiger partial charge in [-0.25, -0.2) is 5.84 Å². The summed E-state index contributed by atoms with van der Waals surface area (Å²) in [7, 11) is 1.72. The molecule has 0 aromatic heterocycles. The molecule has 6 nitrogen and oxygen atoms in total. The maximum absolute atomic E-state index is 12.5. The van der Waals surface area contributed by atoms with Crippen LogP contribution in [0.1, 0.15) is 36.2 Å².